The summed E-state index contributed by atoms with van der Waals surface area (Å²) in [6.07, 6.45) is 3.30. The number of carbonyl (C=O) groups excluding carboxylic acids is 1. The Hall–Kier alpha value is -2.98. The van der Waals surface area contributed by atoms with Crippen LogP contribution in [0.25, 0.3) is 33.1 Å². The number of Topliss-reactive ketones (excluding diaryl/α,β-unsaturated/α-hetero) is 1. The van der Waals surface area contributed by atoms with Gasteiger partial charge in [0, 0.05) is 58.6 Å². The lowest BCUT2D eigenvalue weighted by atomic mass is 10.0. The number of pyridine rings is 1. The van der Waals surface area contributed by atoms with Gasteiger partial charge in [-0.05, 0) is 61.5 Å². The Kier molecular flexibility index (Phi) is 4.87. The van der Waals surface area contributed by atoms with Crippen LogP contribution in [0.4, 0.5) is 0 Å². The normalized spacial score (nSPS) is 13.6. The van der Waals surface area contributed by atoms with Crippen LogP contribution >= 0.6 is 0 Å². The van der Waals surface area contributed by atoms with Gasteiger partial charge < -0.3 is 9.47 Å². The first-order valence-corrected chi connectivity index (χ1v) is 11.0. The molecule has 4 aromatic rings. The molecule has 152 valence electrons. The summed E-state index contributed by atoms with van der Waals surface area (Å²) in [5.41, 5.74) is 6.71. The number of hydrogen-bond acceptors (Lipinski definition) is 3. The van der Waals surface area contributed by atoms with Crippen molar-refractivity contribution in [3.63, 3.8) is 0 Å². The van der Waals surface area contributed by atoms with Crippen molar-refractivity contribution in [1.29, 1.82) is 0 Å². The third-order valence-electron chi connectivity index (χ3n) is 6.54. The molecule has 0 saturated carbocycles. The second-order valence-corrected chi connectivity index (χ2v) is 8.03. The van der Waals surface area contributed by atoms with Gasteiger partial charge in [0.05, 0.1) is 5.69 Å². The van der Waals surface area contributed by atoms with E-state index < -0.39 is 0 Å². The number of aryl methyl sites for hydroxylation is 1. The molecule has 0 amide bonds. The molecule has 0 fully saturated rings. The summed E-state index contributed by atoms with van der Waals surface area (Å²) in [5.74, 6) is 0.275. The highest BCUT2D eigenvalue weighted by Gasteiger charge is 2.25. The van der Waals surface area contributed by atoms with Crippen molar-refractivity contribution in [3.05, 3.63) is 65.9 Å². The van der Waals surface area contributed by atoms with Gasteiger partial charge in [-0.2, -0.15) is 0 Å². The molecular formula is C26H27N3O. The first-order chi connectivity index (χ1) is 14.7. The molecule has 0 bridgehead atoms. The number of benzene rings is 2. The number of hydrogen-bond donors (Lipinski definition) is 0. The minimum absolute atomic E-state index is 0.275. The SMILES string of the molecule is CCN(CC)CCn1c2ccc(-c3ccccn3)cc2c2c3c(ccc21)C(=O)CC3. The molecule has 2 aromatic heterocycles. The van der Waals surface area contributed by atoms with Crippen molar-refractivity contribution < 1.29 is 4.79 Å². The molecule has 0 saturated heterocycles. The second-order valence-electron chi connectivity index (χ2n) is 8.03. The number of likely N-dealkylation sites (N-methyl/N-ethyl adjacent to an activating group) is 1. The molecular weight excluding hydrogens is 370 g/mol. The van der Waals surface area contributed by atoms with Gasteiger partial charge in [0.25, 0.3) is 0 Å². The summed E-state index contributed by atoms with van der Waals surface area (Å²) in [7, 11) is 0. The van der Waals surface area contributed by atoms with Crippen LogP contribution in [0.3, 0.4) is 0 Å². The van der Waals surface area contributed by atoms with Crippen LogP contribution in [0.15, 0.2) is 54.7 Å². The fraction of sp³-hybridized carbons (Fsp3) is 0.308. The van der Waals surface area contributed by atoms with E-state index in [2.05, 4.69) is 58.6 Å². The van der Waals surface area contributed by atoms with Gasteiger partial charge in [-0.25, -0.2) is 0 Å². The summed E-state index contributed by atoms with van der Waals surface area (Å²) in [5, 5.41) is 2.49. The van der Waals surface area contributed by atoms with E-state index >= 15 is 0 Å². The lowest BCUT2D eigenvalue weighted by Gasteiger charge is -2.19. The van der Waals surface area contributed by atoms with Crippen LogP contribution < -0.4 is 0 Å². The van der Waals surface area contributed by atoms with Gasteiger partial charge in [-0.3, -0.25) is 9.78 Å². The lowest BCUT2D eigenvalue weighted by Crippen LogP contribution is -2.26. The molecule has 1 aliphatic rings. The largest absolute Gasteiger partial charge is 0.339 e. The minimum Gasteiger partial charge on any atom is -0.339 e. The maximum atomic E-state index is 12.4. The molecule has 4 nitrogen and oxygen atoms in total. The van der Waals surface area contributed by atoms with Crippen LogP contribution in [0.5, 0.6) is 0 Å². The zero-order valence-corrected chi connectivity index (χ0v) is 17.7. The van der Waals surface area contributed by atoms with E-state index in [0.29, 0.717) is 6.42 Å². The van der Waals surface area contributed by atoms with E-state index in [1.165, 1.54) is 27.4 Å². The van der Waals surface area contributed by atoms with Crippen molar-refractivity contribution in [3.8, 4) is 11.3 Å². The van der Waals surface area contributed by atoms with Gasteiger partial charge >= 0.3 is 0 Å². The van der Waals surface area contributed by atoms with Crippen molar-refractivity contribution in [2.45, 2.75) is 33.2 Å². The number of aromatic nitrogens is 2. The summed E-state index contributed by atoms with van der Waals surface area (Å²) in [4.78, 5) is 19.4. The van der Waals surface area contributed by atoms with Crippen molar-refractivity contribution in [1.82, 2.24) is 14.5 Å². The van der Waals surface area contributed by atoms with Gasteiger partial charge in [-0.15, -0.1) is 0 Å². The molecule has 30 heavy (non-hydrogen) atoms. The van der Waals surface area contributed by atoms with Crippen molar-refractivity contribution in [2.75, 3.05) is 19.6 Å². The third-order valence-corrected chi connectivity index (χ3v) is 6.54. The molecule has 1 aliphatic carbocycles. The summed E-state index contributed by atoms with van der Waals surface area (Å²) >= 11 is 0. The zero-order chi connectivity index (χ0) is 20.7. The smallest absolute Gasteiger partial charge is 0.163 e. The molecule has 5 rings (SSSR count). The average molecular weight is 398 g/mol. The van der Waals surface area contributed by atoms with Gasteiger partial charge in [-0.1, -0.05) is 26.0 Å². The van der Waals surface area contributed by atoms with E-state index in [-0.39, 0.29) is 5.78 Å². The number of fused-ring (bicyclic) bond motifs is 5. The number of carbonyl (C=O) groups is 1. The maximum absolute atomic E-state index is 12.4. The van der Waals surface area contributed by atoms with Crippen LogP contribution in [0.2, 0.25) is 0 Å². The lowest BCUT2D eigenvalue weighted by molar-refractivity contribution is 0.0994. The Labute approximate surface area is 177 Å². The maximum Gasteiger partial charge on any atom is 0.163 e. The van der Waals surface area contributed by atoms with Crippen LogP contribution in [-0.2, 0) is 13.0 Å². The minimum atomic E-state index is 0.275. The molecule has 0 radical (unpaired) electrons. The second kappa shape index (κ2) is 7.69. The Morgan fingerprint density at radius 3 is 2.60 bits per heavy atom. The van der Waals surface area contributed by atoms with E-state index in [4.69, 9.17) is 0 Å². The van der Waals surface area contributed by atoms with Gasteiger partial charge in [0.1, 0.15) is 0 Å². The number of rotatable bonds is 6. The Bertz CT molecular complexity index is 1240. The number of ketones is 1. The van der Waals surface area contributed by atoms with Gasteiger partial charge in [0.15, 0.2) is 5.78 Å². The van der Waals surface area contributed by atoms with Crippen molar-refractivity contribution in [2.24, 2.45) is 0 Å². The first kappa shape index (κ1) is 19.0. The molecule has 0 N–H and O–H groups in total. The molecule has 2 aromatic carbocycles. The van der Waals surface area contributed by atoms with E-state index in [0.717, 1.165) is 49.4 Å². The first-order valence-electron chi connectivity index (χ1n) is 11.0. The highest BCUT2D eigenvalue weighted by atomic mass is 16.1. The van der Waals surface area contributed by atoms with Crippen LogP contribution in [0, 0.1) is 0 Å². The fourth-order valence-electron chi connectivity index (χ4n) is 4.87. The Morgan fingerprint density at radius 1 is 1.00 bits per heavy atom. The van der Waals surface area contributed by atoms with E-state index in [1.807, 2.05) is 24.4 Å². The highest BCUT2D eigenvalue weighted by Crippen LogP contribution is 2.38. The van der Waals surface area contributed by atoms with Gasteiger partial charge in [0.2, 0.25) is 0 Å². The van der Waals surface area contributed by atoms with Crippen molar-refractivity contribution >= 4 is 27.6 Å². The number of nitrogens with zero attached hydrogens (tertiary/aromatic N) is 3. The highest BCUT2D eigenvalue weighted by molar-refractivity contribution is 6.15. The molecule has 0 aliphatic heterocycles. The molecule has 0 atom stereocenters. The Balaban J connectivity index is 1.73. The third kappa shape index (κ3) is 3.03. The summed E-state index contributed by atoms with van der Waals surface area (Å²) in [6.45, 7) is 8.50. The monoisotopic (exact) mass is 397 g/mol. The van der Waals surface area contributed by atoms with Crippen LogP contribution in [-0.4, -0.2) is 39.9 Å². The Morgan fingerprint density at radius 2 is 1.83 bits per heavy atom. The van der Waals surface area contributed by atoms with E-state index in [1.54, 1.807) is 0 Å². The van der Waals surface area contributed by atoms with E-state index in [9.17, 15) is 4.79 Å². The summed E-state index contributed by atoms with van der Waals surface area (Å²) in [6, 6.07) is 16.9. The predicted octanol–water partition coefficient (Wildman–Crippen LogP) is 5.33. The molecule has 0 unspecified atom stereocenters. The zero-order valence-electron chi connectivity index (χ0n) is 17.7. The molecule has 0 spiro atoms. The molecule has 2 heterocycles. The predicted molar refractivity (Wildman–Crippen MR) is 123 cm³/mol. The standard InChI is InChI=1S/C26H27N3O/c1-3-28(4-2)15-16-29-23-11-8-18(22-7-5-6-14-27-22)17-21(23)26-20-10-13-25(30)19(20)9-12-24(26)29/h5-9,11-12,14,17H,3-4,10,13,15-16H2,1-2H3. The topological polar surface area (TPSA) is 38.1 Å². The van der Waals surface area contributed by atoms with Crippen LogP contribution in [0.1, 0.15) is 36.2 Å². The fourth-order valence-corrected chi connectivity index (χ4v) is 4.87. The average Bonchev–Trinajstić information content (AvgIpc) is 3.32. The molecule has 4 heteroatoms. The quantitative estimate of drug-likeness (QED) is 0.441. The summed E-state index contributed by atoms with van der Waals surface area (Å²) < 4.78 is 2.44.